The van der Waals surface area contributed by atoms with Crippen LogP contribution in [0.25, 0.3) is 0 Å². The van der Waals surface area contributed by atoms with Gasteiger partial charge in [0.15, 0.2) is 0 Å². The highest BCUT2D eigenvalue weighted by molar-refractivity contribution is 5.47. The molecule has 2 rings (SSSR count). The summed E-state index contributed by atoms with van der Waals surface area (Å²) in [6, 6.07) is 8.16. The standard InChI is InChI=1S/C16H25NO3/c1-12(11-19-2)17-13-7-9-14(10-8-13)20-16-6-4-3-5-15(16)18/h7-10,12,15-18H,3-6,11H2,1-2H3. The van der Waals surface area contributed by atoms with Crippen LogP contribution in [0.1, 0.15) is 32.6 Å². The lowest BCUT2D eigenvalue weighted by Crippen LogP contribution is -2.34. The normalized spacial score (nSPS) is 24.1. The molecule has 1 fully saturated rings. The summed E-state index contributed by atoms with van der Waals surface area (Å²) in [5.41, 5.74) is 1.05. The highest BCUT2D eigenvalue weighted by Gasteiger charge is 2.24. The predicted molar refractivity (Wildman–Crippen MR) is 80.3 cm³/mol. The summed E-state index contributed by atoms with van der Waals surface area (Å²) in [4.78, 5) is 0. The van der Waals surface area contributed by atoms with E-state index in [2.05, 4.69) is 12.2 Å². The smallest absolute Gasteiger partial charge is 0.124 e. The molecule has 0 spiro atoms. The van der Waals surface area contributed by atoms with E-state index in [1.807, 2.05) is 24.3 Å². The summed E-state index contributed by atoms with van der Waals surface area (Å²) in [7, 11) is 1.70. The van der Waals surface area contributed by atoms with Gasteiger partial charge >= 0.3 is 0 Å². The Kier molecular flexibility index (Phi) is 5.68. The maximum absolute atomic E-state index is 9.91. The zero-order chi connectivity index (χ0) is 14.4. The highest BCUT2D eigenvalue weighted by Crippen LogP contribution is 2.25. The van der Waals surface area contributed by atoms with Crippen molar-refractivity contribution in [3.05, 3.63) is 24.3 Å². The molecule has 0 aliphatic heterocycles. The van der Waals surface area contributed by atoms with E-state index in [4.69, 9.17) is 9.47 Å². The van der Waals surface area contributed by atoms with Crippen LogP contribution in [0.2, 0.25) is 0 Å². The molecular weight excluding hydrogens is 254 g/mol. The number of benzene rings is 1. The molecule has 4 nitrogen and oxygen atoms in total. The van der Waals surface area contributed by atoms with Crippen LogP contribution in [-0.4, -0.2) is 37.1 Å². The number of aliphatic hydroxyl groups is 1. The number of aliphatic hydroxyl groups excluding tert-OH is 1. The predicted octanol–water partition coefficient (Wildman–Crippen LogP) is 2.82. The summed E-state index contributed by atoms with van der Waals surface area (Å²) in [6.45, 7) is 2.75. The van der Waals surface area contributed by atoms with E-state index in [1.165, 1.54) is 0 Å². The molecule has 0 heterocycles. The Labute approximate surface area is 121 Å². The number of nitrogens with one attached hydrogen (secondary N) is 1. The summed E-state index contributed by atoms with van der Waals surface area (Å²) in [5.74, 6) is 0.820. The molecule has 1 aliphatic rings. The van der Waals surface area contributed by atoms with Crippen molar-refractivity contribution in [2.24, 2.45) is 0 Å². The second-order valence-corrected chi connectivity index (χ2v) is 5.53. The first-order valence-electron chi connectivity index (χ1n) is 7.39. The third-order valence-corrected chi connectivity index (χ3v) is 3.64. The van der Waals surface area contributed by atoms with Crippen molar-refractivity contribution in [3.8, 4) is 5.75 Å². The first-order valence-corrected chi connectivity index (χ1v) is 7.39. The van der Waals surface area contributed by atoms with Crippen LogP contribution in [0.3, 0.4) is 0 Å². The molecule has 3 unspecified atom stereocenters. The van der Waals surface area contributed by atoms with Gasteiger partial charge in [0.2, 0.25) is 0 Å². The maximum Gasteiger partial charge on any atom is 0.124 e. The number of ether oxygens (including phenoxy) is 2. The van der Waals surface area contributed by atoms with Crippen molar-refractivity contribution in [3.63, 3.8) is 0 Å². The third kappa shape index (κ3) is 4.39. The molecular formula is C16H25NO3. The Balaban J connectivity index is 1.87. The van der Waals surface area contributed by atoms with Crippen molar-refractivity contribution in [2.45, 2.75) is 50.9 Å². The Morgan fingerprint density at radius 1 is 1.25 bits per heavy atom. The minimum Gasteiger partial charge on any atom is -0.488 e. The molecule has 1 saturated carbocycles. The minimum atomic E-state index is -0.330. The van der Waals surface area contributed by atoms with Crippen molar-refractivity contribution in [1.82, 2.24) is 0 Å². The average Bonchev–Trinajstić information content (AvgIpc) is 2.44. The molecule has 0 radical (unpaired) electrons. The number of hydrogen-bond acceptors (Lipinski definition) is 4. The van der Waals surface area contributed by atoms with Crippen LogP contribution in [-0.2, 0) is 4.74 Å². The van der Waals surface area contributed by atoms with Gasteiger partial charge in [-0.1, -0.05) is 6.42 Å². The fourth-order valence-corrected chi connectivity index (χ4v) is 2.60. The molecule has 112 valence electrons. The van der Waals surface area contributed by atoms with Crippen molar-refractivity contribution < 1.29 is 14.6 Å². The molecule has 0 amide bonds. The summed E-state index contributed by atoms with van der Waals surface area (Å²) in [6.07, 6.45) is 3.63. The van der Waals surface area contributed by atoms with Gasteiger partial charge in [0, 0.05) is 18.8 Å². The monoisotopic (exact) mass is 279 g/mol. The van der Waals surface area contributed by atoms with Gasteiger partial charge in [-0.2, -0.15) is 0 Å². The fourth-order valence-electron chi connectivity index (χ4n) is 2.60. The molecule has 3 atom stereocenters. The quantitative estimate of drug-likeness (QED) is 0.840. The van der Waals surface area contributed by atoms with Crippen LogP contribution < -0.4 is 10.1 Å². The van der Waals surface area contributed by atoms with Crippen LogP contribution in [0.15, 0.2) is 24.3 Å². The van der Waals surface area contributed by atoms with Crippen LogP contribution in [0, 0.1) is 0 Å². The van der Waals surface area contributed by atoms with Crippen LogP contribution in [0.5, 0.6) is 5.75 Å². The largest absolute Gasteiger partial charge is 0.488 e. The Morgan fingerprint density at radius 2 is 1.95 bits per heavy atom. The number of rotatable bonds is 6. The number of methoxy groups -OCH3 is 1. The van der Waals surface area contributed by atoms with Gasteiger partial charge in [-0.15, -0.1) is 0 Å². The summed E-state index contributed by atoms with van der Waals surface area (Å²) < 4.78 is 11.0. The average molecular weight is 279 g/mol. The fraction of sp³-hybridized carbons (Fsp3) is 0.625. The van der Waals surface area contributed by atoms with Crippen molar-refractivity contribution >= 4 is 5.69 Å². The maximum atomic E-state index is 9.91. The van der Waals surface area contributed by atoms with Gasteiger partial charge in [0.25, 0.3) is 0 Å². The van der Waals surface area contributed by atoms with Gasteiger partial charge in [-0.3, -0.25) is 0 Å². The van der Waals surface area contributed by atoms with Gasteiger partial charge < -0.3 is 19.9 Å². The van der Waals surface area contributed by atoms with Crippen LogP contribution in [0.4, 0.5) is 5.69 Å². The molecule has 20 heavy (non-hydrogen) atoms. The van der Waals surface area contributed by atoms with Crippen molar-refractivity contribution in [1.29, 1.82) is 0 Å². The molecule has 0 aromatic heterocycles. The lowest BCUT2D eigenvalue weighted by atomic mass is 9.95. The molecule has 4 heteroatoms. The molecule has 1 aromatic carbocycles. The van der Waals surface area contributed by atoms with E-state index in [0.717, 1.165) is 37.1 Å². The zero-order valence-electron chi connectivity index (χ0n) is 12.3. The van der Waals surface area contributed by atoms with Gasteiger partial charge in [-0.25, -0.2) is 0 Å². The first-order chi connectivity index (χ1) is 9.69. The lowest BCUT2D eigenvalue weighted by Gasteiger charge is -2.28. The zero-order valence-corrected chi connectivity index (χ0v) is 12.3. The Hall–Kier alpha value is -1.26. The van der Waals surface area contributed by atoms with E-state index < -0.39 is 0 Å². The summed E-state index contributed by atoms with van der Waals surface area (Å²) >= 11 is 0. The second-order valence-electron chi connectivity index (χ2n) is 5.53. The molecule has 0 bridgehead atoms. The van der Waals surface area contributed by atoms with E-state index in [1.54, 1.807) is 7.11 Å². The Bertz CT molecular complexity index is 393. The molecule has 2 N–H and O–H groups in total. The van der Waals surface area contributed by atoms with Gasteiger partial charge in [0.1, 0.15) is 11.9 Å². The first kappa shape index (κ1) is 15.1. The van der Waals surface area contributed by atoms with E-state index in [-0.39, 0.29) is 18.2 Å². The third-order valence-electron chi connectivity index (χ3n) is 3.64. The SMILES string of the molecule is COCC(C)Nc1ccc(OC2CCCCC2O)cc1. The van der Waals surface area contributed by atoms with E-state index >= 15 is 0 Å². The minimum absolute atomic E-state index is 0.0602. The second kappa shape index (κ2) is 7.50. The van der Waals surface area contributed by atoms with E-state index in [0.29, 0.717) is 6.61 Å². The van der Waals surface area contributed by atoms with E-state index in [9.17, 15) is 5.11 Å². The van der Waals surface area contributed by atoms with Gasteiger partial charge in [-0.05, 0) is 50.5 Å². The van der Waals surface area contributed by atoms with Gasteiger partial charge in [0.05, 0.1) is 12.7 Å². The topological polar surface area (TPSA) is 50.7 Å². The summed E-state index contributed by atoms with van der Waals surface area (Å²) in [5, 5.41) is 13.3. The molecule has 0 saturated heterocycles. The molecule has 1 aliphatic carbocycles. The lowest BCUT2D eigenvalue weighted by molar-refractivity contribution is 0.00688. The van der Waals surface area contributed by atoms with Crippen molar-refractivity contribution in [2.75, 3.05) is 19.0 Å². The molecule has 1 aromatic rings. The highest BCUT2D eigenvalue weighted by atomic mass is 16.5. The number of anilines is 1. The Morgan fingerprint density at radius 3 is 2.60 bits per heavy atom. The number of hydrogen-bond donors (Lipinski definition) is 2. The van der Waals surface area contributed by atoms with Crippen LogP contribution >= 0.6 is 0 Å².